The van der Waals surface area contributed by atoms with E-state index in [-0.39, 0.29) is 24.0 Å². The van der Waals surface area contributed by atoms with Gasteiger partial charge >= 0.3 is 0 Å². The number of rotatable bonds is 8. The van der Waals surface area contributed by atoms with Gasteiger partial charge in [0.25, 0.3) is 0 Å². The minimum Gasteiger partial charge on any atom is -0.387 e. The molecular weight excluding hydrogens is 399 g/mol. The third kappa shape index (κ3) is 9.78. The maximum absolute atomic E-state index is 10.5. The Morgan fingerprint density at radius 2 is 2.05 bits per heavy atom. The van der Waals surface area contributed by atoms with Gasteiger partial charge in [-0.25, -0.2) is 0 Å². The Morgan fingerprint density at radius 1 is 1.36 bits per heavy atom. The first kappa shape index (κ1) is 21.8. The number of guanidine groups is 1. The van der Waals surface area contributed by atoms with Gasteiger partial charge in [0.1, 0.15) is 0 Å². The van der Waals surface area contributed by atoms with Crippen LogP contribution in [0.4, 0.5) is 0 Å². The molecule has 1 heterocycles. The van der Waals surface area contributed by atoms with Crippen molar-refractivity contribution < 1.29 is 14.6 Å². The second-order valence-corrected chi connectivity index (χ2v) is 5.50. The molecule has 0 aromatic rings. The fourth-order valence-corrected chi connectivity index (χ4v) is 2.15. The molecule has 132 valence electrons. The van der Waals surface area contributed by atoms with Crippen molar-refractivity contribution in [2.24, 2.45) is 4.99 Å². The molecule has 1 atom stereocenters. The molecule has 22 heavy (non-hydrogen) atoms. The Labute approximate surface area is 150 Å². The highest BCUT2D eigenvalue weighted by Gasteiger charge is 2.25. The first-order valence-corrected chi connectivity index (χ1v) is 7.61. The van der Waals surface area contributed by atoms with Gasteiger partial charge in [-0.05, 0) is 13.8 Å². The van der Waals surface area contributed by atoms with Gasteiger partial charge in [0, 0.05) is 39.8 Å². The highest BCUT2D eigenvalue weighted by Crippen LogP contribution is 2.09. The number of hydrogen-bond acceptors (Lipinski definition) is 5. The van der Waals surface area contributed by atoms with E-state index in [2.05, 4.69) is 20.5 Å². The molecule has 1 aliphatic rings. The van der Waals surface area contributed by atoms with Gasteiger partial charge in [0.15, 0.2) is 5.96 Å². The van der Waals surface area contributed by atoms with Crippen molar-refractivity contribution >= 4 is 29.9 Å². The third-order valence-electron chi connectivity index (χ3n) is 3.19. The normalized spacial score (nSPS) is 19.2. The van der Waals surface area contributed by atoms with Crippen molar-refractivity contribution in [1.82, 2.24) is 15.5 Å². The number of nitrogens with zero attached hydrogens (tertiary/aromatic N) is 2. The molecule has 1 unspecified atom stereocenters. The van der Waals surface area contributed by atoms with Crippen LogP contribution in [0.5, 0.6) is 0 Å². The first-order valence-electron chi connectivity index (χ1n) is 7.61. The van der Waals surface area contributed by atoms with Crippen LogP contribution in [-0.2, 0) is 9.47 Å². The highest BCUT2D eigenvalue weighted by molar-refractivity contribution is 14.0. The number of halogens is 1. The Morgan fingerprint density at radius 3 is 2.64 bits per heavy atom. The first-order chi connectivity index (χ1) is 10.1. The van der Waals surface area contributed by atoms with Crippen LogP contribution in [0.2, 0.25) is 0 Å². The van der Waals surface area contributed by atoms with Crippen LogP contribution >= 0.6 is 24.0 Å². The summed E-state index contributed by atoms with van der Waals surface area (Å²) in [4.78, 5) is 6.67. The summed E-state index contributed by atoms with van der Waals surface area (Å²) in [5.74, 6) is 0.705. The van der Waals surface area contributed by atoms with Crippen LogP contribution < -0.4 is 10.6 Å². The molecule has 8 heteroatoms. The predicted octanol–water partition coefficient (Wildman–Crippen LogP) is -0.111. The molecule has 1 fully saturated rings. The second kappa shape index (κ2) is 12.3. The summed E-state index contributed by atoms with van der Waals surface area (Å²) in [7, 11) is 1.67. The molecule has 0 saturated carbocycles. The van der Waals surface area contributed by atoms with E-state index in [1.165, 1.54) is 0 Å². The smallest absolute Gasteiger partial charge is 0.191 e. The van der Waals surface area contributed by atoms with Gasteiger partial charge in [-0.3, -0.25) is 9.89 Å². The van der Waals surface area contributed by atoms with E-state index in [9.17, 15) is 5.11 Å². The Kier molecular flexibility index (Phi) is 12.2. The van der Waals surface area contributed by atoms with Crippen molar-refractivity contribution in [3.8, 4) is 0 Å². The summed E-state index contributed by atoms with van der Waals surface area (Å²) in [5, 5.41) is 16.8. The third-order valence-corrected chi connectivity index (χ3v) is 3.19. The number of nitrogens with one attached hydrogen (secondary N) is 2. The molecule has 1 aliphatic heterocycles. The summed E-state index contributed by atoms with van der Waals surface area (Å²) in [6, 6.07) is 0. The monoisotopic (exact) mass is 430 g/mol. The van der Waals surface area contributed by atoms with Crippen LogP contribution in [0, 0.1) is 0 Å². The van der Waals surface area contributed by atoms with E-state index in [4.69, 9.17) is 9.47 Å². The van der Waals surface area contributed by atoms with Crippen molar-refractivity contribution in [1.29, 1.82) is 0 Å². The molecular formula is C14H31IN4O3. The average molecular weight is 430 g/mol. The molecule has 0 aromatic heterocycles. The summed E-state index contributed by atoms with van der Waals surface area (Å²) < 4.78 is 10.3. The number of ether oxygens (including phenoxy) is 2. The zero-order valence-corrected chi connectivity index (χ0v) is 16.3. The minimum atomic E-state index is -0.846. The summed E-state index contributed by atoms with van der Waals surface area (Å²) in [6.45, 7) is 10.1. The number of aliphatic hydroxyl groups is 1. The van der Waals surface area contributed by atoms with Crippen LogP contribution in [0.25, 0.3) is 0 Å². The molecule has 0 spiro atoms. The maximum atomic E-state index is 10.5. The summed E-state index contributed by atoms with van der Waals surface area (Å²) in [5.41, 5.74) is -0.846. The molecule has 1 saturated heterocycles. The van der Waals surface area contributed by atoms with Crippen LogP contribution in [0.3, 0.4) is 0 Å². The van der Waals surface area contributed by atoms with Crippen LogP contribution in [-0.4, -0.2) is 87.8 Å². The molecule has 0 aliphatic carbocycles. The highest BCUT2D eigenvalue weighted by atomic mass is 127. The van der Waals surface area contributed by atoms with Gasteiger partial charge in [-0.2, -0.15) is 0 Å². The molecule has 7 nitrogen and oxygen atoms in total. The molecule has 0 amide bonds. The van der Waals surface area contributed by atoms with Crippen LogP contribution in [0.15, 0.2) is 4.99 Å². The Bertz CT molecular complexity index is 310. The van der Waals surface area contributed by atoms with Gasteiger partial charge in [0.05, 0.1) is 32.0 Å². The average Bonchev–Trinajstić information content (AvgIpc) is 2.46. The minimum absolute atomic E-state index is 0. The number of morpholine rings is 1. The lowest BCUT2D eigenvalue weighted by molar-refractivity contribution is -0.0179. The molecule has 1 rings (SSSR count). The van der Waals surface area contributed by atoms with E-state index in [0.29, 0.717) is 32.2 Å². The molecule has 0 radical (unpaired) electrons. The van der Waals surface area contributed by atoms with Gasteiger partial charge in [-0.1, -0.05) is 0 Å². The lowest BCUT2D eigenvalue weighted by Crippen LogP contribution is -2.48. The number of aliphatic imine (C=N–C) groups is 1. The summed E-state index contributed by atoms with van der Waals surface area (Å²) >= 11 is 0. The van der Waals surface area contributed by atoms with E-state index >= 15 is 0 Å². The largest absolute Gasteiger partial charge is 0.387 e. The van der Waals surface area contributed by atoms with E-state index < -0.39 is 5.60 Å². The van der Waals surface area contributed by atoms with Gasteiger partial charge in [-0.15, -0.1) is 24.0 Å². The van der Waals surface area contributed by atoms with Crippen molar-refractivity contribution in [3.05, 3.63) is 0 Å². The topological polar surface area (TPSA) is 78.4 Å². The molecule has 0 bridgehead atoms. The fraction of sp³-hybridized carbons (Fsp3) is 0.929. The Balaban J connectivity index is 0.00000441. The maximum Gasteiger partial charge on any atom is 0.191 e. The van der Waals surface area contributed by atoms with Gasteiger partial charge < -0.3 is 25.2 Å². The zero-order chi connectivity index (χ0) is 15.6. The second-order valence-electron chi connectivity index (χ2n) is 5.50. The van der Waals surface area contributed by atoms with Crippen molar-refractivity contribution in [2.45, 2.75) is 19.4 Å². The number of methoxy groups -OCH3 is 1. The fourth-order valence-electron chi connectivity index (χ4n) is 2.15. The van der Waals surface area contributed by atoms with E-state index in [1.807, 2.05) is 13.8 Å². The van der Waals surface area contributed by atoms with Crippen molar-refractivity contribution in [2.75, 3.05) is 66.2 Å². The molecule has 0 aromatic carbocycles. The SMILES string of the molecule is CCNC(=NCC(C)(O)CN1CCOCC1)NCCOC.I. The van der Waals surface area contributed by atoms with E-state index in [1.54, 1.807) is 7.11 Å². The number of hydrogen-bond donors (Lipinski definition) is 3. The van der Waals surface area contributed by atoms with Crippen molar-refractivity contribution in [3.63, 3.8) is 0 Å². The number of β-amino-alcohol motifs (C(OH)–C–C–N with tert-alkyl or cyclic N) is 1. The summed E-state index contributed by atoms with van der Waals surface area (Å²) in [6.07, 6.45) is 0. The lowest BCUT2D eigenvalue weighted by atomic mass is 10.1. The predicted molar refractivity (Wildman–Crippen MR) is 99.2 cm³/mol. The quantitative estimate of drug-likeness (QED) is 0.216. The van der Waals surface area contributed by atoms with Crippen LogP contribution in [0.1, 0.15) is 13.8 Å². The molecule has 3 N–H and O–H groups in total. The standard InChI is InChI=1S/C14H30N4O3.HI/c1-4-15-13(16-5-8-20-3)17-11-14(2,19)12-18-6-9-21-10-7-18;/h19H,4-12H2,1-3H3,(H2,15,16,17);1H. The lowest BCUT2D eigenvalue weighted by Gasteiger charge is -2.33. The Hall–Kier alpha value is -0.160. The van der Waals surface area contributed by atoms with Gasteiger partial charge in [0.2, 0.25) is 0 Å². The zero-order valence-electron chi connectivity index (χ0n) is 13.9. The van der Waals surface area contributed by atoms with E-state index in [0.717, 1.165) is 32.8 Å².